The van der Waals surface area contributed by atoms with Crippen LogP contribution in [0.3, 0.4) is 0 Å². The third-order valence-corrected chi connectivity index (χ3v) is 2.18. The van der Waals surface area contributed by atoms with Crippen LogP contribution in [0.25, 0.3) is 0 Å². The molecule has 0 aromatic rings. The Morgan fingerprint density at radius 3 is 2.78 bits per heavy atom. The monoisotopic (exact) mass is 128 g/mol. The highest BCUT2D eigenvalue weighted by Gasteiger charge is 2.24. The average molecular weight is 128 g/mol. The minimum absolute atomic E-state index is 0.387. The molecule has 2 nitrogen and oxygen atoms in total. The highest BCUT2D eigenvalue weighted by Crippen LogP contribution is 2.22. The molecule has 1 saturated heterocycles. The first-order valence-corrected chi connectivity index (χ1v) is 3.68. The number of rotatable bonds is 1. The van der Waals surface area contributed by atoms with Gasteiger partial charge in [-0.2, -0.15) is 0 Å². The Morgan fingerprint density at radius 2 is 2.44 bits per heavy atom. The van der Waals surface area contributed by atoms with Crippen molar-refractivity contribution in [1.29, 1.82) is 0 Å². The van der Waals surface area contributed by atoms with Gasteiger partial charge in [-0.05, 0) is 31.3 Å². The van der Waals surface area contributed by atoms with Crippen LogP contribution in [-0.4, -0.2) is 19.6 Å². The Hall–Kier alpha value is -0.0800. The summed E-state index contributed by atoms with van der Waals surface area (Å²) in [4.78, 5) is 0. The van der Waals surface area contributed by atoms with E-state index in [2.05, 4.69) is 12.2 Å². The fraction of sp³-hybridized carbons (Fsp3) is 1.00. The largest absolute Gasteiger partial charge is 0.330 e. The summed E-state index contributed by atoms with van der Waals surface area (Å²) in [5.41, 5.74) is 5.98. The molecule has 1 fully saturated rings. The molecule has 0 aromatic heterocycles. The molecule has 1 rings (SSSR count). The van der Waals surface area contributed by atoms with Crippen molar-refractivity contribution in [1.82, 2.24) is 5.32 Å². The van der Waals surface area contributed by atoms with Crippen LogP contribution in [-0.2, 0) is 0 Å². The van der Waals surface area contributed by atoms with Gasteiger partial charge in [-0.25, -0.2) is 0 Å². The molecule has 54 valence electrons. The second kappa shape index (κ2) is 2.67. The molecule has 2 heteroatoms. The van der Waals surface area contributed by atoms with E-state index in [9.17, 15) is 0 Å². The lowest BCUT2D eigenvalue weighted by Crippen LogP contribution is -2.42. The third kappa shape index (κ3) is 1.66. The van der Waals surface area contributed by atoms with E-state index >= 15 is 0 Å². The van der Waals surface area contributed by atoms with Gasteiger partial charge in [-0.15, -0.1) is 0 Å². The normalized spacial score (nSPS) is 36.7. The van der Waals surface area contributed by atoms with Crippen molar-refractivity contribution in [3.05, 3.63) is 0 Å². The highest BCUT2D eigenvalue weighted by atomic mass is 14.9. The van der Waals surface area contributed by atoms with E-state index in [0.29, 0.717) is 5.41 Å². The Balaban J connectivity index is 2.37. The van der Waals surface area contributed by atoms with Crippen LogP contribution in [0.1, 0.15) is 19.8 Å². The molecule has 0 aromatic carbocycles. The van der Waals surface area contributed by atoms with Crippen LogP contribution >= 0.6 is 0 Å². The van der Waals surface area contributed by atoms with Crippen LogP contribution in [0.5, 0.6) is 0 Å². The first-order chi connectivity index (χ1) is 4.27. The topological polar surface area (TPSA) is 38.0 Å². The molecule has 1 aliphatic heterocycles. The maximum Gasteiger partial charge on any atom is 0.00172 e. The summed E-state index contributed by atoms with van der Waals surface area (Å²) in [6, 6.07) is 0. The van der Waals surface area contributed by atoms with Gasteiger partial charge in [0.05, 0.1) is 0 Å². The van der Waals surface area contributed by atoms with Crippen molar-refractivity contribution >= 4 is 0 Å². The predicted octanol–water partition coefficient (Wildman–Crippen LogP) is 0.335. The standard InChI is InChI=1S/C7H16N2/c1-7(5-8)3-2-4-9-6-7/h9H,2-6,8H2,1H3. The molecule has 1 aliphatic rings. The SMILES string of the molecule is CC1(CN)CCCNC1. The highest BCUT2D eigenvalue weighted by molar-refractivity contribution is 4.81. The van der Waals surface area contributed by atoms with Crippen LogP contribution in [0.15, 0.2) is 0 Å². The van der Waals surface area contributed by atoms with Crippen molar-refractivity contribution in [2.24, 2.45) is 11.1 Å². The molecular weight excluding hydrogens is 112 g/mol. The molecule has 9 heavy (non-hydrogen) atoms. The molecule has 0 bridgehead atoms. The Bertz CT molecular complexity index is 84.9. The van der Waals surface area contributed by atoms with Crippen molar-refractivity contribution in [3.63, 3.8) is 0 Å². The summed E-state index contributed by atoms with van der Waals surface area (Å²) in [7, 11) is 0. The van der Waals surface area contributed by atoms with Gasteiger partial charge in [0, 0.05) is 6.54 Å². The van der Waals surface area contributed by atoms with Gasteiger partial charge in [0.15, 0.2) is 0 Å². The van der Waals surface area contributed by atoms with Gasteiger partial charge in [0.2, 0.25) is 0 Å². The first-order valence-electron chi connectivity index (χ1n) is 3.68. The second-order valence-corrected chi connectivity index (χ2v) is 3.30. The summed E-state index contributed by atoms with van der Waals surface area (Å²) < 4.78 is 0. The molecule has 1 heterocycles. The maximum atomic E-state index is 5.60. The summed E-state index contributed by atoms with van der Waals surface area (Å²) >= 11 is 0. The van der Waals surface area contributed by atoms with E-state index in [-0.39, 0.29) is 0 Å². The zero-order valence-corrected chi connectivity index (χ0v) is 6.11. The van der Waals surface area contributed by atoms with Crippen LogP contribution in [0.2, 0.25) is 0 Å². The van der Waals surface area contributed by atoms with Gasteiger partial charge >= 0.3 is 0 Å². The van der Waals surface area contributed by atoms with E-state index in [1.54, 1.807) is 0 Å². The molecule has 1 unspecified atom stereocenters. The van der Waals surface area contributed by atoms with Crippen molar-refractivity contribution in [3.8, 4) is 0 Å². The smallest absolute Gasteiger partial charge is 0.00172 e. The van der Waals surface area contributed by atoms with E-state index in [4.69, 9.17) is 5.73 Å². The van der Waals surface area contributed by atoms with Gasteiger partial charge in [0.25, 0.3) is 0 Å². The minimum atomic E-state index is 0.387. The number of nitrogens with two attached hydrogens (primary N) is 1. The molecule has 0 saturated carbocycles. The van der Waals surface area contributed by atoms with Crippen LogP contribution in [0.4, 0.5) is 0 Å². The molecule has 1 atom stereocenters. The first kappa shape index (κ1) is 7.03. The minimum Gasteiger partial charge on any atom is -0.330 e. The van der Waals surface area contributed by atoms with Crippen LogP contribution < -0.4 is 11.1 Å². The molecule has 3 N–H and O–H groups in total. The molecule has 0 aliphatic carbocycles. The van der Waals surface area contributed by atoms with Crippen molar-refractivity contribution < 1.29 is 0 Å². The van der Waals surface area contributed by atoms with E-state index < -0.39 is 0 Å². The lowest BCUT2D eigenvalue weighted by molar-refractivity contribution is 0.246. The predicted molar refractivity (Wildman–Crippen MR) is 39.3 cm³/mol. The average Bonchev–Trinajstić information content (AvgIpc) is 1.90. The Labute approximate surface area is 56.8 Å². The molecular formula is C7H16N2. The number of piperidine rings is 1. The fourth-order valence-corrected chi connectivity index (χ4v) is 1.29. The summed E-state index contributed by atoms with van der Waals surface area (Å²) in [6.07, 6.45) is 2.57. The lowest BCUT2D eigenvalue weighted by Gasteiger charge is -2.32. The quantitative estimate of drug-likeness (QED) is 0.534. The molecule has 0 radical (unpaired) electrons. The Kier molecular flexibility index (Phi) is 2.09. The maximum absolute atomic E-state index is 5.60. The Morgan fingerprint density at radius 1 is 1.67 bits per heavy atom. The summed E-state index contributed by atoms with van der Waals surface area (Å²) in [5, 5.41) is 3.35. The fourth-order valence-electron chi connectivity index (χ4n) is 1.29. The number of hydrogen-bond donors (Lipinski definition) is 2. The van der Waals surface area contributed by atoms with Crippen LogP contribution in [0, 0.1) is 5.41 Å². The second-order valence-electron chi connectivity index (χ2n) is 3.30. The van der Waals surface area contributed by atoms with E-state index in [1.165, 1.54) is 19.4 Å². The van der Waals surface area contributed by atoms with Gasteiger partial charge in [-0.3, -0.25) is 0 Å². The molecule has 0 amide bonds. The molecule has 0 spiro atoms. The van der Waals surface area contributed by atoms with E-state index in [0.717, 1.165) is 13.1 Å². The lowest BCUT2D eigenvalue weighted by atomic mass is 9.83. The number of hydrogen-bond acceptors (Lipinski definition) is 2. The number of nitrogens with one attached hydrogen (secondary N) is 1. The third-order valence-electron chi connectivity index (χ3n) is 2.18. The van der Waals surface area contributed by atoms with E-state index in [1.807, 2.05) is 0 Å². The summed E-state index contributed by atoms with van der Waals surface area (Å²) in [5.74, 6) is 0. The van der Waals surface area contributed by atoms with Crippen molar-refractivity contribution in [2.45, 2.75) is 19.8 Å². The summed E-state index contributed by atoms with van der Waals surface area (Å²) in [6.45, 7) is 5.35. The van der Waals surface area contributed by atoms with Gasteiger partial charge in [-0.1, -0.05) is 6.92 Å². The van der Waals surface area contributed by atoms with Gasteiger partial charge in [0.1, 0.15) is 0 Å². The van der Waals surface area contributed by atoms with Gasteiger partial charge < -0.3 is 11.1 Å². The van der Waals surface area contributed by atoms with Crippen molar-refractivity contribution in [2.75, 3.05) is 19.6 Å². The zero-order chi connectivity index (χ0) is 6.74. The zero-order valence-electron chi connectivity index (χ0n) is 6.11.